The van der Waals surface area contributed by atoms with E-state index >= 15 is 0 Å². The van der Waals surface area contributed by atoms with Crippen LogP contribution in [0.15, 0.2) is 48.8 Å². The van der Waals surface area contributed by atoms with Crippen molar-refractivity contribution in [2.75, 3.05) is 25.6 Å². The van der Waals surface area contributed by atoms with Gasteiger partial charge in [-0.05, 0) is 24.3 Å². The Morgan fingerprint density at radius 2 is 1.92 bits per heavy atom. The van der Waals surface area contributed by atoms with Gasteiger partial charge in [0.25, 0.3) is 0 Å². The zero-order valence-corrected chi connectivity index (χ0v) is 13.2. The molecule has 0 saturated carbocycles. The summed E-state index contributed by atoms with van der Waals surface area (Å²) < 4.78 is 6.84. The van der Waals surface area contributed by atoms with E-state index in [0.717, 1.165) is 22.1 Å². The third-order valence-corrected chi connectivity index (χ3v) is 3.71. The van der Waals surface area contributed by atoms with Crippen molar-refractivity contribution in [1.29, 1.82) is 0 Å². The quantitative estimate of drug-likeness (QED) is 0.569. The fourth-order valence-electron chi connectivity index (χ4n) is 2.56. The number of anilines is 1. The number of pyridine rings is 1. The van der Waals surface area contributed by atoms with Crippen LogP contribution in [0.25, 0.3) is 27.9 Å². The van der Waals surface area contributed by atoms with Crippen LogP contribution in [0.4, 0.5) is 5.95 Å². The molecule has 1 aromatic carbocycles. The van der Waals surface area contributed by atoms with Crippen LogP contribution in [0.3, 0.4) is 0 Å². The molecule has 4 rings (SSSR count). The molecule has 0 aliphatic carbocycles. The average Bonchev–Trinajstić information content (AvgIpc) is 3.09. The monoisotopic (exact) mass is 320 g/mol. The molecule has 7 heteroatoms. The third kappa shape index (κ3) is 2.55. The van der Waals surface area contributed by atoms with Crippen molar-refractivity contribution in [2.24, 2.45) is 0 Å². The molecule has 0 aliphatic heterocycles. The molecule has 24 heavy (non-hydrogen) atoms. The lowest BCUT2D eigenvalue weighted by atomic mass is 10.2. The number of hydrogen-bond donors (Lipinski definition) is 1. The van der Waals surface area contributed by atoms with E-state index < -0.39 is 0 Å². The minimum atomic E-state index is 0.585. The summed E-state index contributed by atoms with van der Waals surface area (Å²) in [5, 5.41) is 8.84. The zero-order valence-electron chi connectivity index (χ0n) is 13.2. The highest BCUT2D eigenvalue weighted by Gasteiger charge is 2.14. The van der Waals surface area contributed by atoms with Gasteiger partial charge in [0, 0.05) is 37.0 Å². The van der Waals surface area contributed by atoms with E-state index in [1.54, 1.807) is 24.0 Å². The minimum absolute atomic E-state index is 0.585. The van der Waals surface area contributed by atoms with Crippen LogP contribution in [0.5, 0.6) is 0 Å². The van der Waals surface area contributed by atoms with Gasteiger partial charge in [0.1, 0.15) is 0 Å². The van der Waals surface area contributed by atoms with Crippen molar-refractivity contribution in [3.63, 3.8) is 0 Å². The number of fused-ring (bicyclic) bond motifs is 3. The topological polar surface area (TPSA) is 77.2 Å². The van der Waals surface area contributed by atoms with E-state index in [4.69, 9.17) is 9.72 Å². The summed E-state index contributed by atoms with van der Waals surface area (Å²) in [6.45, 7) is 1.23. The highest BCUT2D eigenvalue weighted by Crippen LogP contribution is 2.23. The second-order valence-corrected chi connectivity index (χ2v) is 5.28. The third-order valence-electron chi connectivity index (χ3n) is 3.71. The largest absolute Gasteiger partial charge is 0.383 e. The van der Waals surface area contributed by atoms with Gasteiger partial charge in [-0.3, -0.25) is 4.98 Å². The minimum Gasteiger partial charge on any atom is -0.383 e. The lowest BCUT2D eigenvalue weighted by molar-refractivity contribution is 0.210. The number of rotatable bonds is 5. The van der Waals surface area contributed by atoms with E-state index in [9.17, 15) is 0 Å². The Bertz CT molecular complexity index is 982. The Morgan fingerprint density at radius 1 is 1.08 bits per heavy atom. The average molecular weight is 320 g/mol. The van der Waals surface area contributed by atoms with Crippen molar-refractivity contribution >= 4 is 22.5 Å². The van der Waals surface area contributed by atoms with E-state index in [1.165, 1.54) is 0 Å². The number of benzene rings is 1. The molecule has 7 nitrogen and oxygen atoms in total. The highest BCUT2D eigenvalue weighted by molar-refractivity contribution is 5.92. The fraction of sp³-hybridized carbons (Fsp3) is 0.176. The lowest BCUT2D eigenvalue weighted by Gasteiger charge is -2.08. The number of para-hydroxylation sites is 1. The Balaban J connectivity index is 1.91. The number of methoxy groups -OCH3 is 1. The van der Waals surface area contributed by atoms with Crippen LogP contribution in [-0.2, 0) is 4.74 Å². The maximum absolute atomic E-state index is 5.10. The molecular formula is C17H16N6O. The normalized spacial score (nSPS) is 11.2. The van der Waals surface area contributed by atoms with Gasteiger partial charge in [-0.15, -0.1) is 5.10 Å². The second-order valence-electron chi connectivity index (χ2n) is 5.28. The van der Waals surface area contributed by atoms with Gasteiger partial charge in [-0.1, -0.05) is 12.1 Å². The lowest BCUT2D eigenvalue weighted by Crippen LogP contribution is -2.13. The summed E-state index contributed by atoms with van der Waals surface area (Å²) in [6, 6.07) is 11.7. The van der Waals surface area contributed by atoms with Gasteiger partial charge in [0.05, 0.1) is 12.1 Å². The molecule has 3 heterocycles. The Labute approximate surface area is 138 Å². The number of aromatic nitrogens is 5. The summed E-state index contributed by atoms with van der Waals surface area (Å²) in [7, 11) is 1.67. The van der Waals surface area contributed by atoms with E-state index in [-0.39, 0.29) is 0 Å². The maximum atomic E-state index is 5.10. The molecule has 120 valence electrons. The van der Waals surface area contributed by atoms with Gasteiger partial charge in [0.2, 0.25) is 5.95 Å². The van der Waals surface area contributed by atoms with Gasteiger partial charge in [-0.2, -0.15) is 4.52 Å². The number of nitrogens with one attached hydrogen (secondary N) is 1. The van der Waals surface area contributed by atoms with Crippen molar-refractivity contribution in [1.82, 2.24) is 24.6 Å². The van der Waals surface area contributed by atoms with E-state index in [0.29, 0.717) is 24.9 Å². The van der Waals surface area contributed by atoms with E-state index in [1.807, 2.05) is 36.4 Å². The molecule has 0 spiro atoms. The molecular weight excluding hydrogens is 304 g/mol. The Morgan fingerprint density at radius 3 is 2.75 bits per heavy atom. The molecule has 0 bridgehead atoms. The van der Waals surface area contributed by atoms with Crippen molar-refractivity contribution in [3.8, 4) is 11.4 Å². The smallest absolute Gasteiger partial charge is 0.226 e. The Kier molecular flexibility index (Phi) is 3.76. The van der Waals surface area contributed by atoms with Crippen LogP contribution in [0.1, 0.15) is 0 Å². The molecule has 0 fully saturated rings. The maximum Gasteiger partial charge on any atom is 0.226 e. The summed E-state index contributed by atoms with van der Waals surface area (Å²) in [5.41, 5.74) is 2.56. The summed E-state index contributed by atoms with van der Waals surface area (Å²) in [5.74, 6) is 1.29. The molecule has 0 amide bonds. The zero-order chi connectivity index (χ0) is 16.4. The van der Waals surface area contributed by atoms with Crippen LogP contribution < -0.4 is 5.32 Å². The molecule has 0 saturated heterocycles. The van der Waals surface area contributed by atoms with Gasteiger partial charge < -0.3 is 10.1 Å². The predicted molar refractivity (Wildman–Crippen MR) is 91.9 cm³/mol. The molecule has 0 unspecified atom stereocenters. The van der Waals surface area contributed by atoms with Gasteiger partial charge in [0.15, 0.2) is 11.5 Å². The molecule has 0 radical (unpaired) electrons. The van der Waals surface area contributed by atoms with Gasteiger partial charge >= 0.3 is 0 Å². The molecule has 1 N–H and O–H groups in total. The SMILES string of the molecule is COCCNc1nc2ccccc2c2nc(-c3ccncc3)nn12. The van der Waals surface area contributed by atoms with Crippen LogP contribution in [0, 0.1) is 0 Å². The summed E-state index contributed by atoms with van der Waals surface area (Å²) >= 11 is 0. The number of hydrogen-bond acceptors (Lipinski definition) is 6. The fourth-order valence-corrected chi connectivity index (χ4v) is 2.56. The van der Waals surface area contributed by atoms with Crippen LogP contribution in [0.2, 0.25) is 0 Å². The van der Waals surface area contributed by atoms with Crippen molar-refractivity contribution in [2.45, 2.75) is 0 Å². The Hall–Kier alpha value is -3.06. The predicted octanol–water partition coefficient (Wildman–Crippen LogP) is 2.40. The van der Waals surface area contributed by atoms with Crippen molar-refractivity contribution in [3.05, 3.63) is 48.8 Å². The van der Waals surface area contributed by atoms with Crippen molar-refractivity contribution < 1.29 is 4.74 Å². The van der Waals surface area contributed by atoms with Crippen LogP contribution in [-0.4, -0.2) is 44.8 Å². The standard InChI is InChI=1S/C17H16N6O/c1-24-11-10-19-17-20-14-5-3-2-4-13(14)16-21-15(22-23(16)17)12-6-8-18-9-7-12/h2-9H,10-11H2,1H3,(H,19,20). The molecule has 4 aromatic rings. The molecule has 0 aliphatic rings. The second kappa shape index (κ2) is 6.21. The first kappa shape index (κ1) is 14.5. The van der Waals surface area contributed by atoms with Crippen LogP contribution >= 0.6 is 0 Å². The first-order valence-electron chi connectivity index (χ1n) is 7.65. The molecule has 0 atom stereocenters. The first-order chi connectivity index (χ1) is 11.9. The molecule has 3 aromatic heterocycles. The first-order valence-corrected chi connectivity index (χ1v) is 7.65. The highest BCUT2D eigenvalue weighted by atomic mass is 16.5. The number of ether oxygens (including phenoxy) is 1. The summed E-state index contributed by atoms with van der Waals surface area (Å²) in [4.78, 5) is 13.4. The number of nitrogens with zero attached hydrogens (tertiary/aromatic N) is 5. The van der Waals surface area contributed by atoms with E-state index in [2.05, 4.69) is 20.4 Å². The summed E-state index contributed by atoms with van der Waals surface area (Å²) in [6.07, 6.45) is 3.46. The van der Waals surface area contributed by atoms with Gasteiger partial charge in [-0.25, -0.2) is 9.97 Å².